The summed E-state index contributed by atoms with van der Waals surface area (Å²) >= 11 is 6.48. The van der Waals surface area contributed by atoms with E-state index in [9.17, 15) is 14.4 Å². The minimum absolute atomic E-state index is 0.231. The summed E-state index contributed by atoms with van der Waals surface area (Å²) in [5.41, 5.74) is 3.12. The van der Waals surface area contributed by atoms with E-state index < -0.39 is 23.8 Å². The molecule has 0 bridgehead atoms. The number of carbonyl (C=O) groups is 3. The molecule has 0 spiro atoms. The Bertz CT molecular complexity index is 1350. The molecule has 2 atom stereocenters. The van der Waals surface area contributed by atoms with E-state index in [0.29, 0.717) is 29.2 Å². The number of amides is 3. The largest absolute Gasteiger partial charge is 0.444 e. The Morgan fingerprint density at radius 1 is 0.907 bits per heavy atom. The second kappa shape index (κ2) is 15.6. The van der Waals surface area contributed by atoms with Crippen molar-refractivity contribution in [1.82, 2.24) is 10.2 Å². The van der Waals surface area contributed by atoms with Gasteiger partial charge in [-0.15, -0.1) is 0 Å². The predicted molar refractivity (Wildman–Crippen MR) is 173 cm³/mol. The lowest BCUT2D eigenvalue weighted by Gasteiger charge is -2.35. The van der Waals surface area contributed by atoms with Crippen molar-refractivity contribution < 1.29 is 19.1 Å². The average molecular weight is 606 g/mol. The second-order valence-electron chi connectivity index (χ2n) is 11.9. The molecule has 2 N–H and O–H groups in total. The van der Waals surface area contributed by atoms with Crippen LogP contribution in [0.1, 0.15) is 75.3 Å². The van der Waals surface area contributed by atoms with Crippen LogP contribution in [0.4, 0.5) is 10.5 Å². The van der Waals surface area contributed by atoms with E-state index in [2.05, 4.69) is 17.6 Å². The molecule has 0 saturated carbocycles. The van der Waals surface area contributed by atoms with E-state index in [-0.39, 0.29) is 18.2 Å². The summed E-state index contributed by atoms with van der Waals surface area (Å²) in [7, 11) is 0. The molecular formula is C35H44ClN3O4. The third-order valence-corrected chi connectivity index (χ3v) is 7.30. The predicted octanol–water partition coefficient (Wildman–Crippen LogP) is 7.79. The summed E-state index contributed by atoms with van der Waals surface area (Å²) < 4.78 is 5.53. The highest BCUT2D eigenvalue weighted by atomic mass is 35.5. The first-order valence-corrected chi connectivity index (χ1v) is 15.2. The molecule has 3 rings (SSSR count). The summed E-state index contributed by atoms with van der Waals surface area (Å²) in [5, 5.41) is 6.22. The fraction of sp³-hybridized carbons (Fsp3) is 0.400. The van der Waals surface area contributed by atoms with Crippen LogP contribution in [-0.2, 0) is 20.7 Å². The van der Waals surface area contributed by atoms with Crippen LogP contribution in [-0.4, -0.2) is 41.0 Å². The zero-order valence-electron chi connectivity index (χ0n) is 26.1. The summed E-state index contributed by atoms with van der Waals surface area (Å²) in [6.07, 6.45) is 2.03. The Hall–Kier alpha value is -3.84. The van der Waals surface area contributed by atoms with Crippen LogP contribution >= 0.6 is 11.6 Å². The second-order valence-corrected chi connectivity index (χ2v) is 12.3. The van der Waals surface area contributed by atoms with Gasteiger partial charge in [0.15, 0.2) is 0 Å². The number of alkyl carbamates (subject to hydrolysis) is 1. The number of hydrogen-bond acceptors (Lipinski definition) is 4. The van der Waals surface area contributed by atoms with Gasteiger partial charge >= 0.3 is 6.09 Å². The van der Waals surface area contributed by atoms with Crippen LogP contribution in [0.3, 0.4) is 0 Å². The van der Waals surface area contributed by atoms with Crippen LogP contribution in [0.2, 0.25) is 5.02 Å². The van der Waals surface area contributed by atoms with Gasteiger partial charge < -0.3 is 20.3 Å². The van der Waals surface area contributed by atoms with Gasteiger partial charge in [0.05, 0.1) is 10.7 Å². The molecule has 3 amide bonds. The Labute approximate surface area is 261 Å². The van der Waals surface area contributed by atoms with Gasteiger partial charge in [-0.3, -0.25) is 9.59 Å². The molecule has 43 heavy (non-hydrogen) atoms. The van der Waals surface area contributed by atoms with Gasteiger partial charge in [0.1, 0.15) is 17.7 Å². The van der Waals surface area contributed by atoms with Crippen molar-refractivity contribution in [3.63, 3.8) is 0 Å². The maximum absolute atomic E-state index is 14.6. The number of halogens is 1. The van der Waals surface area contributed by atoms with Crippen molar-refractivity contribution in [3.8, 4) is 0 Å². The zero-order valence-corrected chi connectivity index (χ0v) is 26.8. The molecule has 0 aliphatic carbocycles. The molecule has 7 nitrogen and oxygen atoms in total. The van der Waals surface area contributed by atoms with Crippen LogP contribution in [0.5, 0.6) is 0 Å². The highest BCUT2D eigenvalue weighted by Gasteiger charge is 2.36. The van der Waals surface area contributed by atoms with Gasteiger partial charge in [0, 0.05) is 13.0 Å². The van der Waals surface area contributed by atoms with Gasteiger partial charge in [-0.1, -0.05) is 104 Å². The molecule has 0 saturated heterocycles. The minimum atomic E-state index is -0.973. The van der Waals surface area contributed by atoms with E-state index in [1.165, 1.54) is 0 Å². The number of rotatable bonds is 12. The Kier molecular flexibility index (Phi) is 12.2. The molecular weight excluding hydrogens is 562 g/mol. The highest BCUT2D eigenvalue weighted by molar-refractivity contribution is 6.34. The SMILES string of the molecule is CCCCCN(C(=O)C(Cc1ccccc1)NC(=O)OC(C)(C)C)C(C(=O)Nc1c(C)cccc1Cl)c1ccc(C)cc1. The van der Waals surface area contributed by atoms with Gasteiger partial charge in [-0.05, 0) is 63.8 Å². The standard InChI is InChI=1S/C35H44ClN3O4/c1-7-8-12-22-39(33(41)29(23-26-15-10-9-11-16-26)37-34(42)43-35(4,5)6)31(27-20-18-24(2)19-21-27)32(40)38-30-25(3)14-13-17-28(30)36/h9-11,13-21,29,31H,7-8,12,22-23H2,1-6H3,(H,37,42)(H,38,40). The number of aryl methyl sites for hydroxylation is 2. The number of carbonyl (C=O) groups excluding carboxylic acids is 3. The van der Waals surface area contributed by atoms with E-state index in [4.69, 9.17) is 16.3 Å². The van der Waals surface area contributed by atoms with Crippen molar-refractivity contribution in [2.24, 2.45) is 0 Å². The molecule has 0 aliphatic heterocycles. The van der Waals surface area contributed by atoms with Crippen molar-refractivity contribution in [2.75, 3.05) is 11.9 Å². The van der Waals surface area contributed by atoms with Crippen LogP contribution in [0.25, 0.3) is 0 Å². The van der Waals surface area contributed by atoms with Crippen molar-refractivity contribution in [1.29, 1.82) is 0 Å². The molecule has 3 aromatic carbocycles. The van der Waals surface area contributed by atoms with E-state index in [1.54, 1.807) is 31.7 Å². The molecule has 8 heteroatoms. The number of nitrogens with one attached hydrogen (secondary N) is 2. The zero-order chi connectivity index (χ0) is 31.6. The van der Waals surface area contributed by atoms with E-state index in [0.717, 1.165) is 29.5 Å². The summed E-state index contributed by atoms with van der Waals surface area (Å²) in [4.78, 5) is 43.3. The number of para-hydroxylation sites is 1. The van der Waals surface area contributed by atoms with Crippen molar-refractivity contribution in [3.05, 3.63) is 100 Å². The lowest BCUT2D eigenvalue weighted by atomic mass is 9.99. The van der Waals surface area contributed by atoms with Crippen LogP contribution in [0.15, 0.2) is 72.8 Å². The van der Waals surface area contributed by atoms with Crippen LogP contribution in [0, 0.1) is 13.8 Å². The van der Waals surface area contributed by atoms with Crippen LogP contribution < -0.4 is 10.6 Å². The summed E-state index contributed by atoms with van der Waals surface area (Å²) in [6, 6.07) is 20.5. The first-order valence-electron chi connectivity index (χ1n) is 14.9. The fourth-order valence-corrected chi connectivity index (χ4v) is 5.07. The number of unbranched alkanes of at least 4 members (excludes halogenated alkanes) is 2. The highest BCUT2D eigenvalue weighted by Crippen LogP contribution is 2.30. The van der Waals surface area contributed by atoms with Gasteiger partial charge in [-0.25, -0.2) is 4.79 Å². The number of nitrogens with zero attached hydrogens (tertiary/aromatic N) is 1. The molecule has 230 valence electrons. The quantitative estimate of drug-likeness (QED) is 0.206. The third kappa shape index (κ3) is 10.1. The topological polar surface area (TPSA) is 87.7 Å². The van der Waals surface area contributed by atoms with Gasteiger partial charge in [-0.2, -0.15) is 0 Å². The average Bonchev–Trinajstić information content (AvgIpc) is 2.94. The van der Waals surface area contributed by atoms with E-state index in [1.807, 2.05) is 80.6 Å². The first-order chi connectivity index (χ1) is 20.4. The monoisotopic (exact) mass is 605 g/mol. The molecule has 3 aromatic rings. The Morgan fingerprint density at radius 2 is 1.58 bits per heavy atom. The number of ether oxygens (including phenoxy) is 1. The maximum atomic E-state index is 14.6. The number of hydrogen-bond donors (Lipinski definition) is 2. The molecule has 0 aromatic heterocycles. The number of anilines is 1. The maximum Gasteiger partial charge on any atom is 0.408 e. The molecule has 2 unspecified atom stereocenters. The molecule has 0 aliphatic rings. The van der Waals surface area contributed by atoms with Gasteiger partial charge in [0.25, 0.3) is 5.91 Å². The Balaban J connectivity index is 2.08. The lowest BCUT2D eigenvalue weighted by Crippen LogP contribution is -2.53. The lowest BCUT2D eigenvalue weighted by molar-refractivity contribution is -0.140. The summed E-state index contributed by atoms with van der Waals surface area (Å²) in [6.45, 7) is 11.6. The van der Waals surface area contributed by atoms with E-state index >= 15 is 0 Å². The summed E-state index contributed by atoms with van der Waals surface area (Å²) in [5.74, 6) is -0.761. The third-order valence-electron chi connectivity index (χ3n) is 6.98. The molecule has 0 radical (unpaired) electrons. The number of benzene rings is 3. The molecule has 0 heterocycles. The normalized spacial score (nSPS) is 12.6. The smallest absolute Gasteiger partial charge is 0.408 e. The van der Waals surface area contributed by atoms with Gasteiger partial charge in [0.2, 0.25) is 5.91 Å². The fourth-order valence-electron chi connectivity index (χ4n) is 4.80. The van der Waals surface area contributed by atoms with Crippen molar-refractivity contribution in [2.45, 2.75) is 84.9 Å². The van der Waals surface area contributed by atoms with Crippen molar-refractivity contribution >= 4 is 35.2 Å². The first kappa shape index (κ1) is 33.7. The molecule has 0 fully saturated rings. The minimum Gasteiger partial charge on any atom is -0.444 e. The Morgan fingerprint density at radius 3 is 2.19 bits per heavy atom.